The molecule has 2 aliphatic rings. The zero-order valence-electron chi connectivity index (χ0n) is 16.8. The van der Waals surface area contributed by atoms with Gasteiger partial charge in [0, 0.05) is 30.3 Å². The molecule has 0 radical (unpaired) electrons. The predicted octanol–water partition coefficient (Wildman–Crippen LogP) is 1.34. The minimum absolute atomic E-state index is 0.00960. The third kappa shape index (κ3) is 6.19. The van der Waals surface area contributed by atoms with Gasteiger partial charge in [-0.05, 0) is 44.0 Å². The molecule has 0 spiro atoms. The van der Waals surface area contributed by atoms with Gasteiger partial charge in [0.2, 0.25) is 11.8 Å². The second kappa shape index (κ2) is 9.47. The van der Waals surface area contributed by atoms with Gasteiger partial charge in [0.1, 0.15) is 0 Å². The molecular weight excluding hydrogens is 408 g/mol. The van der Waals surface area contributed by atoms with E-state index in [2.05, 4.69) is 15.5 Å². The summed E-state index contributed by atoms with van der Waals surface area (Å²) in [5, 5.41) is 21.7. The second-order valence-electron chi connectivity index (χ2n) is 7.45. The molecule has 1 amide bonds. The predicted molar refractivity (Wildman–Crippen MR) is 106 cm³/mol. The van der Waals surface area contributed by atoms with Crippen LogP contribution in [0.3, 0.4) is 0 Å². The van der Waals surface area contributed by atoms with Gasteiger partial charge in [0.05, 0.1) is 12.5 Å². The molecule has 11 nitrogen and oxygen atoms in total. The number of carboxylic acid groups (broad SMARTS) is 2. The molecule has 0 atom stereocenters. The summed E-state index contributed by atoms with van der Waals surface area (Å²) in [6.45, 7) is 3.35. The normalized spacial score (nSPS) is 15.9. The van der Waals surface area contributed by atoms with E-state index < -0.39 is 11.9 Å². The van der Waals surface area contributed by atoms with Crippen molar-refractivity contribution in [2.45, 2.75) is 31.6 Å². The van der Waals surface area contributed by atoms with Gasteiger partial charge < -0.3 is 20.1 Å². The average molecular weight is 430 g/mol. The van der Waals surface area contributed by atoms with Crippen LogP contribution in [0.1, 0.15) is 53.7 Å². The van der Waals surface area contributed by atoms with E-state index in [1.165, 1.54) is 6.92 Å². The van der Waals surface area contributed by atoms with E-state index in [9.17, 15) is 9.59 Å². The molecule has 1 aromatic carbocycles. The number of nitrogens with one attached hydrogen (secondary N) is 1. The fourth-order valence-electron chi connectivity index (χ4n) is 2.97. The average Bonchev–Trinajstić information content (AvgIpc) is 3.43. The number of aromatic nitrogens is 2. The van der Waals surface area contributed by atoms with Crippen LogP contribution in [0, 0.1) is 0 Å². The lowest BCUT2D eigenvalue weighted by Gasteiger charge is -2.36. The molecule has 4 rings (SSSR count). The topological polar surface area (TPSA) is 163 Å². The Morgan fingerprint density at radius 3 is 2.19 bits per heavy atom. The van der Waals surface area contributed by atoms with Crippen LogP contribution in [0.4, 0.5) is 5.69 Å². The first-order valence-electron chi connectivity index (χ1n) is 9.66. The van der Waals surface area contributed by atoms with Gasteiger partial charge in [0.15, 0.2) is 11.6 Å². The molecule has 31 heavy (non-hydrogen) atoms. The highest BCUT2D eigenvalue weighted by molar-refractivity contribution is 6.27. The lowest BCUT2D eigenvalue weighted by Crippen LogP contribution is -2.48. The van der Waals surface area contributed by atoms with Gasteiger partial charge in [-0.3, -0.25) is 14.5 Å². The smallest absolute Gasteiger partial charge is 0.414 e. The number of benzene rings is 1. The van der Waals surface area contributed by atoms with Crippen LogP contribution < -0.4 is 5.32 Å². The van der Waals surface area contributed by atoms with Crippen molar-refractivity contribution in [1.29, 1.82) is 0 Å². The zero-order valence-corrected chi connectivity index (χ0v) is 16.8. The number of hydrogen-bond donors (Lipinski definition) is 3. The lowest BCUT2D eigenvalue weighted by atomic mass is 10.0. The Morgan fingerprint density at radius 1 is 1.06 bits per heavy atom. The molecule has 2 heterocycles. The number of ketones is 1. The van der Waals surface area contributed by atoms with Gasteiger partial charge in [-0.2, -0.15) is 4.98 Å². The third-order valence-corrected chi connectivity index (χ3v) is 4.83. The van der Waals surface area contributed by atoms with Crippen molar-refractivity contribution in [3.05, 3.63) is 41.5 Å². The summed E-state index contributed by atoms with van der Waals surface area (Å²) in [6.07, 6.45) is 2.31. The molecule has 3 N–H and O–H groups in total. The van der Waals surface area contributed by atoms with Crippen molar-refractivity contribution >= 4 is 29.3 Å². The molecule has 1 aliphatic heterocycles. The molecule has 1 saturated carbocycles. The van der Waals surface area contributed by atoms with Crippen LogP contribution in [0.15, 0.2) is 28.8 Å². The standard InChI is InChI=1S/C18H20N4O3.C2H2O4/c1-11(23)12-4-6-15(7-5-12)19-16(24)10-22-8-14(9-22)18-20-17(21-25-18)13-2-3-13;3-1(4)2(5)6/h4-7,13-14H,2-3,8-10H2,1H3,(H,19,24);(H,3,4)(H,5,6). The molecule has 1 aliphatic carbocycles. The molecule has 164 valence electrons. The summed E-state index contributed by atoms with van der Waals surface area (Å²) in [6, 6.07) is 6.91. The number of Topliss-reactive ketones (excluding diaryl/α,β-unsaturated/α-hetero) is 1. The van der Waals surface area contributed by atoms with E-state index >= 15 is 0 Å². The van der Waals surface area contributed by atoms with Crippen molar-refractivity contribution in [3.8, 4) is 0 Å². The number of carbonyl (C=O) groups excluding carboxylic acids is 2. The fraction of sp³-hybridized carbons (Fsp3) is 0.400. The minimum Gasteiger partial charge on any atom is -0.473 e. The highest BCUT2D eigenvalue weighted by atomic mass is 16.5. The minimum atomic E-state index is -1.82. The summed E-state index contributed by atoms with van der Waals surface area (Å²) >= 11 is 0. The summed E-state index contributed by atoms with van der Waals surface area (Å²) < 4.78 is 5.33. The number of anilines is 1. The van der Waals surface area contributed by atoms with Gasteiger partial charge in [0.25, 0.3) is 0 Å². The van der Waals surface area contributed by atoms with Gasteiger partial charge in [-0.25, -0.2) is 9.59 Å². The lowest BCUT2D eigenvalue weighted by molar-refractivity contribution is -0.159. The largest absolute Gasteiger partial charge is 0.473 e. The van der Waals surface area contributed by atoms with E-state index in [1.54, 1.807) is 24.3 Å². The number of likely N-dealkylation sites (tertiary alicyclic amines) is 1. The number of amides is 1. The first-order chi connectivity index (χ1) is 14.7. The van der Waals surface area contributed by atoms with Crippen LogP contribution in [0.5, 0.6) is 0 Å². The number of carboxylic acids is 2. The highest BCUT2D eigenvalue weighted by Gasteiger charge is 2.35. The maximum Gasteiger partial charge on any atom is 0.414 e. The van der Waals surface area contributed by atoms with Crippen LogP contribution in [-0.2, 0) is 14.4 Å². The van der Waals surface area contributed by atoms with Crippen molar-refractivity contribution in [1.82, 2.24) is 15.0 Å². The van der Waals surface area contributed by atoms with Crippen molar-refractivity contribution in [2.24, 2.45) is 0 Å². The number of aliphatic carboxylic acids is 2. The van der Waals surface area contributed by atoms with Gasteiger partial charge >= 0.3 is 11.9 Å². The Kier molecular flexibility index (Phi) is 6.75. The Hall–Kier alpha value is -3.60. The van der Waals surface area contributed by atoms with E-state index in [0.717, 1.165) is 31.8 Å². The molecule has 1 saturated heterocycles. The second-order valence-corrected chi connectivity index (χ2v) is 7.45. The van der Waals surface area contributed by atoms with Crippen LogP contribution in [0.25, 0.3) is 0 Å². The van der Waals surface area contributed by atoms with Crippen LogP contribution in [0.2, 0.25) is 0 Å². The Bertz CT molecular complexity index is 964. The quantitative estimate of drug-likeness (QED) is 0.450. The van der Waals surface area contributed by atoms with Crippen molar-refractivity contribution < 1.29 is 33.9 Å². The third-order valence-electron chi connectivity index (χ3n) is 4.83. The number of rotatable bonds is 6. The summed E-state index contributed by atoms with van der Waals surface area (Å²) in [4.78, 5) is 48.1. The molecule has 0 bridgehead atoms. The maximum atomic E-state index is 12.1. The Balaban J connectivity index is 0.000000401. The van der Waals surface area contributed by atoms with Gasteiger partial charge in [-0.1, -0.05) is 5.16 Å². The van der Waals surface area contributed by atoms with Crippen molar-refractivity contribution in [2.75, 3.05) is 25.0 Å². The zero-order chi connectivity index (χ0) is 22.5. The number of nitrogens with zero attached hydrogens (tertiary/aromatic N) is 3. The van der Waals surface area contributed by atoms with Crippen LogP contribution >= 0.6 is 0 Å². The molecule has 2 aromatic rings. The molecule has 11 heteroatoms. The molecular formula is C20H22N4O7. The van der Waals surface area contributed by atoms with E-state index in [4.69, 9.17) is 24.3 Å². The first-order valence-corrected chi connectivity index (χ1v) is 9.66. The Labute approximate surface area is 177 Å². The monoisotopic (exact) mass is 430 g/mol. The first kappa shape index (κ1) is 22.1. The maximum absolute atomic E-state index is 12.1. The summed E-state index contributed by atoms with van der Waals surface area (Å²) in [7, 11) is 0. The van der Waals surface area contributed by atoms with Crippen LogP contribution in [-0.4, -0.2) is 68.5 Å². The molecule has 1 aromatic heterocycles. The molecule has 2 fully saturated rings. The highest BCUT2D eigenvalue weighted by Crippen LogP contribution is 2.39. The van der Waals surface area contributed by atoms with Gasteiger partial charge in [-0.15, -0.1) is 0 Å². The van der Waals surface area contributed by atoms with Crippen molar-refractivity contribution in [3.63, 3.8) is 0 Å². The summed E-state index contributed by atoms with van der Waals surface area (Å²) in [5.74, 6) is -1.46. The number of hydrogen-bond acceptors (Lipinski definition) is 8. The van der Waals surface area contributed by atoms with E-state index in [0.29, 0.717) is 29.6 Å². The summed E-state index contributed by atoms with van der Waals surface area (Å²) in [5.41, 5.74) is 1.33. The van der Waals surface area contributed by atoms with E-state index in [1.807, 2.05) is 4.90 Å². The molecule has 0 unspecified atom stereocenters. The SMILES string of the molecule is CC(=O)c1ccc(NC(=O)CN2CC(c3nc(C4CC4)no3)C2)cc1.O=C(O)C(=O)O. The van der Waals surface area contributed by atoms with E-state index in [-0.39, 0.29) is 17.6 Å². The number of carbonyl (C=O) groups is 4. The Morgan fingerprint density at radius 2 is 1.68 bits per heavy atom. The fourth-order valence-corrected chi connectivity index (χ4v) is 2.97.